The van der Waals surface area contributed by atoms with Crippen molar-refractivity contribution in [3.05, 3.63) is 64.7 Å². The molecule has 0 unspecified atom stereocenters. The highest BCUT2D eigenvalue weighted by atomic mass is 32.3. The van der Waals surface area contributed by atoms with Crippen LogP contribution in [0.1, 0.15) is 35.2 Å². The van der Waals surface area contributed by atoms with Gasteiger partial charge in [-0.3, -0.25) is 4.18 Å². The highest BCUT2D eigenvalue weighted by Gasteiger charge is 2.48. The minimum absolute atomic E-state index is 0.199. The Labute approximate surface area is 151 Å². The van der Waals surface area contributed by atoms with Crippen molar-refractivity contribution in [3.63, 3.8) is 0 Å². The predicted octanol–water partition coefficient (Wildman–Crippen LogP) is 3.34. The third kappa shape index (κ3) is 3.17. The highest BCUT2D eigenvalue weighted by molar-refractivity contribution is 7.99. The van der Waals surface area contributed by atoms with E-state index in [1.54, 1.807) is 20.8 Å². The van der Waals surface area contributed by atoms with Crippen LogP contribution in [-0.2, 0) is 25.5 Å². The molecular weight excluding hydrogens is 358 g/mol. The van der Waals surface area contributed by atoms with E-state index in [2.05, 4.69) is 0 Å². The van der Waals surface area contributed by atoms with Crippen LogP contribution < -0.4 is 0 Å². The molecule has 7 heteroatoms. The van der Waals surface area contributed by atoms with Gasteiger partial charge in [-0.15, -0.1) is 0 Å². The van der Waals surface area contributed by atoms with Gasteiger partial charge in [-0.05, 0) is 44.4 Å². The minimum atomic E-state index is -3.99. The van der Waals surface area contributed by atoms with Gasteiger partial charge in [-0.2, -0.15) is 0 Å². The van der Waals surface area contributed by atoms with Crippen LogP contribution in [0.2, 0.25) is 0 Å². The second kappa shape index (κ2) is 6.64. The summed E-state index contributed by atoms with van der Waals surface area (Å²) in [4.78, 5) is 0.199. The van der Waals surface area contributed by atoms with Crippen LogP contribution in [0.25, 0.3) is 0 Å². The molecule has 0 aliphatic carbocycles. The molecule has 1 saturated heterocycles. The maximum atomic E-state index is 13.4. The molecule has 2 aromatic rings. The normalized spacial score (nSPS) is 24.6. The molecule has 0 radical (unpaired) electrons. The Kier molecular flexibility index (Phi) is 4.85. The maximum absolute atomic E-state index is 13.4. The molecule has 3 rings (SSSR count). The van der Waals surface area contributed by atoms with Crippen LogP contribution in [-0.4, -0.2) is 22.4 Å². The summed E-state index contributed by atoms with van der Waals surface area (Å²) in [6.45, 7) is 7.17. The molecule has 134 valence electrons. The SMILES string of the molecule is Cc1cc(C)c(S(=O)(=O)N2[C@@H](c3ccccc3)[C@@H](C)O[S@]2=O)c(C)c1. The lowest BCUT2D eigenvalue weighted by atomic mass is 10.0. The van der Waals surface area contributed by atoms with E-state index in [9.17, 15) is 12.6 Å². The first-order valence-electron chi connectivity index (χ1n) is 7.99. The van der Waals surface area contributed by atoms with E-state index in [1.165, 1.54) is 0 Å². The summed E-state index contributed by atoms with van der Waals surface area (Å²) in [6.07, 6.45) is -0.510. The zero-order valence-electron chi connectivity index (χ0n) is 14.6. The molecule has 0 aromatic heterocycles. The Hall–Kier alpha value is -1.54. The summed E-state index contributed by atoms with van der Waals surface area (Å²) < 4.78 is 45.6. The van der Waals surface area contributed by atoms with Gasteiger partial charge >= 0.3 is 0 Å². The summed E-state index contributed by atoms with van der Waals surface area (Å²) in [5.41, 5.74) is 3.02. The molecule has 0 bridgehead atoms. The topological polar surface area (TPSA) is 63.7 Å². The van der Waals surface area contributed by atoms with Crippen molar-refractivity contribution < 1.29 is 16.8 Å². The Bertz CT molecular complexity index is 902. The summed E-state index contributed by atoms with van der Waals surface area (Å²) in [5.74, 6) is 0. The molecule has 5 nitrogen and oxygen atoms in total. The van der Waals surface area contributed by atoms with Crippen LogP contribution in [0.3, 0.4) is 0 Å². The van der Waals surface area contributed by atoms with Crippen molar-refractivity contribution in [1.82, 2.24) is 3.71 Å². The fraction of sp³-hybridized carbons (Fsp3) is 0.333. The molecule has 25 heavy (non-hydrogen) atoms. The number of benzene rings is 2. The Morgan fingerprint density at radius 1 is 1.04 bits per heavy atom. The lowest BCUT2D eigenvalue weighted by Crippen LogP contribution is -2.34. The summed E-state index contributed by atoms with van der Waals surface area (Å²) in [5, 5.41) is 0. The van der Waals surface area contributed by atoms with Gasteiger partial charge in [0.1, 0.15) is 0 Å². The molecule has 2 aromatic carbocycles. The lowest BCUT2D eigenvalue weighted by molar-refractivity contribution is 0.235. The number of hydrogen-bond donors (Lipinski definition) is 0. The monoisotopic (exact) mass is 379 g/mol. The van der Waals surface area contributed by atoms with E-state index in [4.69, 9.17) is 4.18 Å². The van der Waals surface area contributed by atoms with E-state index < -0.39 is 33.4 Å². The van der Waals surface area contributed by atoms with Crippen LogP contribution in [0.15, 0.2) is 47.4 Å². The van der Waals surface area contributed by atoms with E-state index in [0.717, 1.165) is 14.8 Å². The van der Waals surface area contributed by atoms with Gasteiger partial charge in [-0.1, -0.05) is 51.7 Å². The van der Waals surface area contributed by atoms with Gasteiger partial charge in [-0.25, -0.2) is 12.6 Å². The average molecular weight is 380 g/mol. The quantitative estimate of drug-likeness (QED) is 0.820. The molecule has 1 heterocycles. The first kappa shape index (κ1) is 18.3. The van der Waals surface area contributed by atoms with E-state index in [0.29, 0.717) is 11.1 Å². The molecule has 1 aliphatic rings. The van der Waals surface area contributed by atoms with Crippen LogP contribution in [0.5, 0.6) is 0 Å². The van der Waals surface area contributed by atoms with Gasteiger partial charge in [0.25, 0.3) is 21.3 Å². The third-order valence-corrected chi connectivity index (χ3v) is 8.10. The summed E-state index contributed by atoms with van der Waals surface area (Å²) in [6, 6.07) is 12.2. The third-order valence-electron chi connectivity index (χ3n) is 4.29. The first-order chi connectivity index (χ1) is 11.7. The van der Waals surface area contributed by atoms with Crippen molar-refractivity contribution in [2.45, 2.75) is 44.7 Å². The zero-order valence-corrected chi connectivity index (χ0v) is 16.2. The van der Waals surface area contributed by atoms with Gasteiger partial charge in [0.2, 0.25) is 0 Å². The van der Waals surface area contributed by atoms with Gasteiger partial charge in [0.05, 0.1) is 17.0 Å². The fourth-order valence-corrected chi connectivity index (χ4v) is 7.03. The van der Waals surface area contributed by atoms with Crippen molar-refractivity contribution >= 4 is 21.3 Å². The van der Waals surface area contributed by atoms with Gasteiger partial charge in [0.15, 0.2) is 0 Å². The summed E-state index contributed by atoms with van der Waals surface area (Å²) in [7, 11) is -3.99. The van der Waals surface area contributed by atoms with E-state index in [1.807, 2.05) is 49.4 Å². The van der Waals surface area contributed by atoms with Crippen LogP contribution in [0.4, 0.5) is 0 Å². The number of hydrogen-bond acceptors (Lipinski definition) is 4. The molecule has 1 aliphatic heterocycles. The van der Waals surface area contributed by atoms with E-state index in [-0.39, 0.29) is 4.90 Å². The minimum Gasteiger partial charge on any atom is -0.272 e. The number of nitrogens with zero attached hydrogens (tertiary/aromatic N) is 1. The smallest absolute Gasteiger partial charge is 0.257 e. The molecule has 1 fully saturated rings. The Morgan fingerprint density at radius 2 is 1.60 bits per heavy atom. The second-order valence-corrected chi connectivity index (χ2v) is 9.37. The molecule has 0 spiro atoms. The molecule has 0 amide bonds. The molecule has 3 atom stereocenters. The van der Waals surface area contributed by atoms with Crippen LogP contribution >= 0.6 is 0 Å². The maximum Gasteiger partial charge on any atom is 0.257 e. The lowest BCUT2D eigenvalue weighted by Gasteiger charge is -2.24. The Morgan fingerprint density at radius 3 is 2.16 bits per heavy atom. The zero-order chi connectivity index (χ0) is 18.4. The second-order valence-electron chi connectivity index (χ2n) is 6.36. The molecule has 0 N–H and O–H groups in total. The first-order valence-corrected chi connectivity index (χ1v) is 10.5. The predicted molar refractivity (Wildman–Crippen MR) is 97.6 cm³/mol. The van der Waals surface area contributed by atoms with Crippen molar-refractivity contribution in [3.8, 4) is 0 Å². The van der Waals surface area contributed by atoms with Gasteiger partial charge < -0.3 is 0 Å². The molecular formula is C18H21NO4S2. The number of aryl methyl sites for hydroxylation is 3. The van der Waals surface area contributed by atoms with Crippen molar-refractivity contribution in [2.24, 2.45) is 0 Å². The molecule has 0 saturated carbocycles. The highest BCUT2D eigenvalue weighted by Crippen LogP contribution is 2.40. The largest absolute Gasteiger partial charge is 0.272 e. The standard InChI is InChI=1S/C18H21NO4S2/c1-12-10-13(2)18(14(3)11-12)25(21,22)19-17(15(4)23-24(19)20)16-8-6-5-7-9-16/h5-11,15,17H,1-4H3/t15-,17-,24-/m1/s1. The number of rotatable bonds is 3. The van der Waals surface area contributed by atoms with Gasteiger partial charge in [0, 0.05) is 0 Å². The average Bonchev–Trinajstić information content (AvgIpc) is 2.81. The van der Waals surface area contributed by atoms with E-state index >= 15 is 0 Å². The van der Waals surface area contributed by atoms with Crippen molar-refractivity contribution in [1.29, 1.82) is 0 Å². The van der Waals surface area contributed by atoms with Crippen molar-refractivity contribution in [2.75, 3.05) is 0 Å². The summed E-state index contributed by atoms with van der Waals surface area (Å²) >= 11 is -2.07. The number of sulfonamides is 1. The fourth-order valence-electron chi connectivity index (χ4n) is 3.43. The van der Waals surface area contributed by atoms with Crippen LogP contribution in [0, 0.1) is 20.8 Å². The Balaban J connectivity index is 2.17.